The summed E-state index contributed by atoms with van der Waals surface area (Å²) in [5.74, 6) is -0.262. The van der Waals surface area contributed by atoms with Crippen molar-refractivity contribution in [3.8, 4) is 0 Å². The molecule has 0 aromatic rings. The van der Waals surface area contributed by atoms with Crippen LogP contribution in [0.15, 0.2) is 0 Å². The lowest BCUT2D eigenvalue weighted by molar-refractivity contribution is -0.124. The van der Waals surface area contributed by atoms with Crippen molar-refractivity contribution in [3.63, 3.8) is 0 Å². The van der Waals surface area contributed by atoms with E-state index in [1.165, 1.54) is 0 Å². The fraction of sp³-hybridized carbons (Fsp3) is 0.857. The summed E-state index contributed by atoms with van der Waals surface area (Å²) >= 11 is 0. The smallest absolute Gasteiger partial charge is 0.234 e. The number of rotatable bonds is 4. The van der Waals surface area contributed by atoms with Crippen LogP contribution in [0.5, 0.6) is 0 Å². The fourth-order valence-corrected chi connectivity index (χ4v) is 3.15. The minimum atomic E-state index is -0.673. The van der Waals surface area contributed by atoms with Crippen molar-refractivity contribution >= 4 is 5.91 Å². The average Bonchev–Trinajstić information content (AvgIpc) is 2.42. The van der Waals surface area contributed by atoms with Crippen molar-refractivity contribution in [2.24, 2.45) is 5.73 Å². The van der Waals surface area contributed by atoms with E-state index in [1.54, 1.807) is 0 Å². The molecule has 1 amide bonds. The number of nitrogens with two attached hydrogens (primary N) is 1. The van der Waals surface area contributed by atoms with Gasteiger partial charge in [-0.3, -0.25) is 14.6 Å². The number of β-amino-alcohol motifs (C(OH)–C–C–N with tert-alkyl or cyclic N) is 1. The van der Waals surface area contributed by atoms with Gasteiger partial charge in [-0.25, -0.2) is 0 Å². The molecule has 115 valence electrons. The van der Waals surface area contributed by atoms with E-state index in [1.807, 2.05) is 0 Å². The molecule has 20 heavy (non-hydrogen) atoms. The maximum absolute atomic E-state index is 11.5. The number of hydrogen-bond acceptors (Lipinski definition) is 5. The van der Waals surface area contributed by atoms with Crippen LogP contribution in [-0.4, -0.2) is 76.4 Å². The van der Waals surface area contributed by atoms with Gasteiger partial charge in [0, 0.05) is 25.7 Å². The van der Waals surface area contributed by atoms with E-state index in [0.717, 1.165) is 32.5 Å². The highest BCUT2D eigenvalue weighted by molar-refractivity contribution is 5.80. The monoisotopic (exact) mass is 284 g/mol. The molecule has 0 saturated carbocycles. The molecule has 2 heterocycles. The van der Waals surface area contributed by atoms with Crippen molar-refractivity contribution in [1.29, 1.82) is 0 Å². The molecule has 2 saturated heterocycles. The van der Waals surface area contributed by atoms with Gasteiger partial charge in [0.15, 0.2) is 0 Å². The summed E-state index contributed by atoms with van der Waals surface area (Å²) in [4.78, 5) is 15.8. The van der Waals surface area contributed by atoms with Crippen LogP contribution >= 0.6 is 0 Å². The molecule has 2 aliphatic heterocycles. The van der Waals surface area contributed by atoms with Crippen molar-refractivity contribution in [3.05, 3.63) is 6.42 Å². The lowest BCUT2D eigenvalue weighted by atomic mass is 9.99. The number of aliphatic hydroxyl groups excluding tert-OH is 2. The number of primary amides is 1. The molecule has 1 radical (unpaired) electrons. The van der Waals surface area contributed by atoms with Crippen molar-refractivity contribution in [2.45, 2.75) is 50.5 Å². The molecule has 0 aromatic heterocycles. The molecule has 4 unspecified atom stereocenters. The maximum Gasteiger partial charge on any atom is 0.234 e. The van der Waals surface area contributed by atoms with Crippen molar-refractivity contribution in [2.75, 3.05) is 26.2 Å². The first-order valence-corrected chi connectivity index (χ1v) is 7.44. The Balaban J connectivity index is 1.89. The van der Waals surface area contributed by atoms with E-state index in [9.17, 15) is 15.0 Å². The van der Waals surface area contributed by atoms with Crippen LogP contribution in [0.1, 0.15) is 26.2 Å². The van der Waals surface area contributed by atoms with Crippen LogP contribution < -0.4 is 5.73 Å². The van der Waals surface area contributed by atoms with Crippen LogP contribution in [0.4, 0.5) is 0 Å². The summed E-state index contributed by atoms with van der Waals surface area (Å²) in [5.41, 5.74) is 5.46. The van der Waals surface area contributed by atoms with E-state index in [-0.39, 0.29) is 18.0 Å². The van der Waals surface area contributed by atoms with Crippen LogP contribution in [0.25, 0.3) is 0 Å². The first-order valence-electron chi connectivity index (χ1n) is 7.44. The van der Waals surface area contributed by atoms with Gasteiger partial charge in [-0.15, -0.1) is 0 Å². The molecule has 4 N–H and O–H groups in total. The summed E-state index contributed by atoms with van der Waals surface area (Å²) in [7, 11) is 0. The zero-order chi connectivity index (χ0) is 14.7. The first kappa shape index (κ1) is 15.7. The Labute approximate surface area is 120 Å². The predicted molar refractivity (Wildman–Crippen MR) is 75.8 cm³/mol. The third-order valence-corrected chi connectivity index (χ3v) is 4.48. The highest BCUT2D eigenvalue weighted by atomic mass is 16.3. The third kappa shape index (κ3) is 3.69. The Morgan fingerprint density at radius 1 is 1.40 bits per heavy atom. The number of amides is 1. The van der Waals surface area contributed by atoms with Gasteiger partial charge in [0.2, 0.25) is 5.91 Å². The molecule has 2 aliphatic rings. The van der Waals surface area contributed by atoms with Crippen LogP contribution in [0.2, 0.25) is 0 Å². The lowest BCUT2D eigenvalue weighted by Gasteiger charge is -2.41. The molecule has 0 aromatic carbocycles. The Bertz CT molecular complexity index is 340. The molecule has 4 atom stereocenters. The van der Waals surface area contributed by atoms with Gasteiger partial charge in [-0.1, -0.05) is 0 Å². The normalized spacial score (nSPS) is 34.9. The van der Waals surface area contributed by atoms with Gasteiger partial charge in [-0.05, 0) is 39.2 Å². The van der Waals surface area contributed by atoms with Gasteiger partial charge in [0.25, 0.3) is 0 Å². The summed E-state index contributed by atoms with van der Waals surface area (Å²) in [6.07, 6.45) is 3.14. The number of carbonyl (C=O) groups is 1. The maximum atomic E-state index is 11.5. The Morgan fingerprint density at radius 3 is 2.80 bits per heavy atom. The minimum Gasteiger partial charge on any atom is -0.390 e. The number of likely N-dealkylation sites (tertiary alicyclic amines) is 2. The summed E-state index contributed by atoms with van der Waals surface area (Å²) in [6, 6.07) is 0.0311. The van der Waals surface area contributed by atoms with Gasteiger partial charge in [0.05, 0.1) is 18.2 Å². The van der Waals surface area contributed by atoms with Crippen LogP contribution in [0.3, 0.4) is 0 Å². The standard InChI is InChI=1S/C14H26N3O3/c1-10(16-7-5-12(18)13(19)9-16)8-17-6-3-2-4-11(17)14(15)20/h2,10-13,18-19H,3-9H2,1H3,(H2,15,20). The highest BCUT2D eigenvalue weighted by Gasteiger charge is 2.32. The number of hydrogen-bond donors (Lipinski definition) is 3. The molecule has 6 heteroatoms. The molecular weight excluding hydrogens is 258 g/mol. The zero-order valence-electron chi connectivity index (χ0n) is 12.1. The third-order valence-electron chi connectivity index (χ3n) is 4.48. The molecule has 6 nitrogen and oxygen atoms in total. The lowest BCUT2D eigenvalue weighted by Crippen LogP contribution is -2.56. The fourth-order valence-electron chi connectivity index (χ4n) is 3.15. The molecule has 0 aliphatic carbocycles. The van der Waals surface area contributed by atoms with Gasteiger partial charge in [-0.2, -0.15) is 0 Å². The topological polar surface area (TPSA) is 90.0 Å². The Morgan fingerprint density at radius 2 is 2.15 bits per heavy atom. The van der Waals surface area contributed by atoms with Gasteiger partial charge in [0.1, 0.15) is 0 Å². The Hall–Kier alpha value is -0.690. The van der Waals surface area contributed by atoms with E-state index in [4.69, 9.17) is 5.73 Å². The van der Waals surface area contributed by atoms with Gasteiger partial charge < -0.3 is 15.9 Å². The largest absolute Gasteiger partial charge is 0.390 e. The second-order valence-corrected chi connectivity index (χ2v) is 5.99. The van der Waals surface area contributed by atoms with Crippen molar-refractivity contribution < 1.29 is 15.0 Å². The van der Waals surface area contributed by atoms with E-state index in [2.05, 4.69) is 23.1 Å². The summed E-state index contributed by atoms with van der Waals surface area (Å²) < 4.78 is 0. The average molecular weight is 284 g/mol. The molecule has 2 rings (SSSR count). The summed E-state index contributed by atoms with van der Waals surface area (Å²) in [6.45, 7) is 4.99. The molecular formula is C14H26N3O3. The van der Waals surface area contributed by atoms with Crippen LogP contribution in [-0.2, 0) is 4.79 Å². The number of piperidine rings is 2. The number of aliphatic hydroxyl groups is 2. The van der Waals surface area contributed by atoms with Crippen LogP contribution in [0, 0.1) is 6.42 Å². The quantitative estimate of drug-likeness (QED) is 0.613. The molecule has 2 fully saturated rings. The Kier molecular flexibility index (Phi) is 5.37. The second kappa shape index (κ2) is 6.85. The highest BCUT2D eigenvalue weighted by Crippen LogP contribution is 2.19. The predicted octanol–water partition coefficient (Wildman–Crippen LogP) is -1.04. The second-order valence-electron chi connectivity index (χ2n) is 5.99. The first-order chi connectivity index (χ1) is 9.49. The van der Waals surface area contributed by atoms with E-state index < -0.39 is 12.2 Å². The SMILES string of the molecule is CC(CN1CC[CH]CC1C(N)=O)N1CCC(O)C(O)C1. The molecule has 0 spiro atoms. The summed E-state index contributed by atoms with van der Waals surface area (Å²) in [5, 5.41) is 19.3. The minimum absolute atomic E-state index is 0.202. The zero-order valence-corrected chi connectivity index (χ0v) is 12.1. The number of carbonyl (C=O) groups excluding carboxylic acids is 1. The number of nitrogens with zero attached hydrogens (tertiary/aromatic N) is 2. The van der Waals surface area contributed by atoms with Gasteiger partial charge >= 0.3 is 0 Å². The van der Waals surface area contributed by atoms with E-state index >= 15 is 0 Å². The molecule has 0 bridgehead atoms. The van der Waals surface area contributed by atoms with Crippen molar-refractivity contribution in [1.82, 2.24) is 9.80 Å². The van der Waals surface area contributed by atoms with E-state index in [0.29, 0.717) is 13.0 Å².